The molecule has 1 aromatic carbocycles. The molecule has 0 aromatic heterocycles. The minimum Gasteiger partial charge on any atom is -0.493 e. The Labute approximate surface area is 147 Å². The molecule has 24 heavy (non-hydrogen) atoms. The lowest BCUT2D eigenvalue weighted by Gasteiger charge is -2.38. The average Bonchev–Trinajstić information content (AvgIpc) is 2.89. The molecule has 2 fully saturated rings. The second-order valence-corrected chi connectivity index (χ2v) is 7.48. The third-order valence-corrected chi connectivity index (χ3v) is 6.22. The molecule has 5 nitrogen and oxygen atoms in total. The smallest absolute Gasteiger partial charge is 0.254 e. The van der Waals surface area contributed by atoms with Crippen molar-refractivity contribution in [2.75, 3.05) is 27.6 Å². The zero-order valence-corrected chi connectivity index (χ0v) is 15.5. The number of nitrogens with zero attached hydrogens (tertiary/aromatic N) is 1. The highest BCUT2D eigenvalue weighted by atomic mass is 32.2. The fraction of sp³-hybridized carbons (Fsp3) is 0.611. The topological polar surface area (TPSA) is 48.0 Å². The molecule has 0 spiro atoms. The van der Waals surface area contributed by atoms with Crippen LogP contribution in [0.2, 0.25) is 0 Å². The molecule has 2 heterocycles. The van der Waals surface area contributed by atoms with Gasteiger partial charge in [0, 0.05) is 22.9 Å². The molecule has 2 saturated heterocycles. The van der Waals surface area contributed by atoms with Crippen molar-refractivity contribution in [3.63, 3.8) is 0 Å². The number of benzene rings is 1. The van der Waals surface area contributed by atoms with Crippen molar-refractivity contribution in [3.8, 4) is 17.2 Å². The average molecular weight is 351 g/mol. The molecule has 0 N–H and O–H groups in total. The monoisotopic (exact) mass is 351 g/mol. The summed E-state index contributed by atoms with van der Waals surface area (Å²) in [6.07, 6.45) is 6.57. The summed E-state index contributed by atoms with van der Waals surface area (Å²) < 4.78 is 16.1. The van der Waals surface area contributed by atoms with Gasteiger partial charge in [-0.2, -0.15) is 11.8 Å². The Balaban J connectivity index is 1.91. The number of piperidine rings is 1. The third-order valence-electron chi connectivity index (χ3n) is 5.17. The van der Waals surface area contributed by atoms with Crippen molar-refractivity contribution in [2.24, 2.45) is 0 Å². The van der Waals surface area contributed by atoms with Gasteiger partial charge in [-0.05, 0) is 44.1 Å². The highest BCUT2D eigenvalue weighted by Gasteiger charge is 2.43. The molecular weight excluding hydrogens is 326 g/mol. The lowest BCUT2D eigenvalue weighted by molar-refractivity contribution is 0.0601. The highest BCUT2D eigenvalue weighted by Crippen LogP contribution is 2.42. The van der Waals surface area contributed by atoms with E-state index in [2.05, 4.69) is 11.2 Å². The van der Waals surface area contributed by atoms with E-state index in [0.717, 1.165) is 25.7 Å². The number of hydrogen-bond acceptors (Lipinski definition) is 5. The number of carbonyl (C=O) groups excluding carboxylic acids is 1. The molecule has 2 aliphatic rings. The summed E-state index contributed by atoms with van der Waals surface area (Å²) in [5, 5.41) is 0.673. The van der Waals surface area contributed by atoms with E-state index >= 15 is 0 Å². The predicted octanol–water partition coefficient (Wildman–Crippen LogP) is 3.21. The van der Waals surface area contributed by atoms with E-state index in [-0.39, 0.29) is 5.91 Å². The SMILES string of the molecule is COc1cc(C(=O)N2C3CCC2CC(SC)C3)cc(OC)c1OC. The van der Waals surface area contributed by atoms with Crippen LogP contribution in [-0.2, 0) is 0 Å². The van der Waals surface area contributed by atoms with Crippen LogP contribution in [0.3, 0.4) is 0 Å². The molecule has 2 aliphatic heterocycles. The zero-order chi connectivity index (χ0) is 17.3. The second kappa shape index (κ2) is 7.13. The summed E-state index contributed by atoms with van der Waals surface area (Å²) in [6, 6.07) is 4.22. The zero-order valence-electron chi connectivity index (χ0n) is 14.7. The van der Waals surface area contributed by atoms with E-state index in [1.165, 1.54) is 0 Å². The fourth-order valence-corrected chi connectivity index (χ4v) is 4.83. The Morgan fingerprint density at radius 1 is 1.04 bits per heavy atom. The van der Waals surface area contributed by atoms with Crippen molar-refractivity contribution < 1.29 is 19.0 Å². The molecule has 3 rings (SSSR count). The molecule has 2 bridgehead atoms. The first-order valence-electron chi connectivity index (χ1n) is 8.28. The summed E-state index contributed by atoms with van der Waals surface area (Å²) in [7, 11) is 4.70. The minimum atomic E-state index is 0.0707. The van der Waals surface area contributed by atoms with Gasteiger partial charge >= 0.3 is 0 Å². The number of hydrogen-bond donors (Lipinski definition) is 0. The number of rotatable bonds is 5. The van der Waals surface area contributed by atoms with E-state index in [9.17, 15) is 4.79 Å². The number of ether oxygens (including phenoxy) is 3. The van der Waals surface area contributed by atoms with Crippen LogP contribution in [-0.4, -0.2) is 55.7 Å². The number of fused-ring (bicyclic) bond motifs is 2. The normalized spacial score (nSPS) is 25.5. The summed E-state index contributed by atoms with van der Waals surface area (Å²) in [5.74, 6) is 1.63. The molecule has 0 saturated carbocycles. The molecule has 1 aromatic rings. The van der Waals surface area contributed by atoms with Crippen molar-refractivity contribution in [2.45, 2.75) is 43.0 Å². The maximum atomic E-state index is 13.2. The van der Waals surface area contributed by atoms with E-state index in [1.807, 2.05) is 11.8 Å². The van der Waals surface area contributed by atoms with Gasteiger partial charge in [-0.3, -0.25) is 4.79 Å². The molecule has 2 atom stereocenters. The number of carbonyl (C=O) groups is 1. The third kappa shape index (κ3) is 2.92. The summed E-state index contributed by atoms with van der Waals surface area (Å²) >= 11 is 1.93. The largest absolute Gasteiger partial charge is 0.493 e. The van der Waals surface area contributed by atoms with Gasteiger partial charge < -0.3 is 19.1 Å². The van der Waals surface area contributed by atoms with Crippen LogP contribution in [0.4, 0.5) is 0 Å². The van der Waals surface area contributed by atoms with E-state index < -0.39 is 0 Å². The van der Waals surface area contributed by atoms with Gasteiger partial charge in [0.05, 0.1) is 21.3 Å². The summed E-state index contributed by atoms with van der Waals surface area (Å²) in [5.41, 5.74) is 0.601. The first kappa shape index (κ1) is 17.3. The fourth-order valence-electron chi connectivity index (χ4n) is 4.00. The maximum absolute atomic E-state index is 13.2. The Morgan fingerprint density at radius 3 is 2.00 bits per heavy atom. The van der Waals surface area contributed by atoms with Crippen molar-refractivity contribution in [1.82, 2.24) is 4.90 Å². The summed E-state index contributed by atoms with van der Waals surface area (Å²) in [6.45, 7) is 0. The van der Waals surface area contributed by atoms with Gasteiger partial charge in [0.15, 0.2) is 11.5 Å². The molecule has 132 valence electrons. The summed E-state index contributed by atoms with van der Waals surface area (Å²) in [4.78, 5) is 15.2. The second-order valence-electron chi connectivity index (χ2n) is 6.34. The van der Waals surface area contributed by atoms with Crippen molar-refractivity contribution in [1.29, 1.82) is 0 Å². The van der Waals surface area contributed by atoms with Crippen LogP contribution in [0.15, 0.2) is 12.1 Å². The standard InChI is InChI=1S/C18H25NO4S/c1-21-15-7-11(8-16(22-2)17(15)23-3)18(20)19-12-5-6-13(19)10-14(9-12)24-4/h7-8,12-14H,5-6,9-10H2,1-4H3. The Bertz CT molecular complexity index is 582. The van der Waals surface area contributed by atoms with Gasteiger partial charge in [0.1, 0.15) is 0 Å². The Morgan fingerprint density at radius 2 is 1.58 bits per heavy atom. The lowest BCUT2D eigenvalue weighted by atomic mass is 10.0. The van der Waals surface area contributed by atoms with Gasteiger partial charge in [-0.1, -0.05) is 0 Å². The molecule has 2 unspecified atom stereocenters. The van der Waals surface area contributed by atoms with Crippen LogP contribution in [0.25, 0.3) is 0 Å². The highest BCUT2D eigenvalue weighted by molar-refractivity contribution is 7.99. The van der Waals surface area contributed by atoms with Gasteiger partial charge in [0.25, 0.3) is 5.91 Å². The number of thioether (sulfide) groups is 1. The van der Waals surface area contributed by atoms with Gasteiger partial charge in [-0.15, -0.1) is 0 Å². The van der Waals surface area contributed by atoms with Crippen LogP contribution in [0, 0.1) is 0 Å². The van der Waals surface area contributed by atoms with Crippen LogP contribution in [0.5, 0.6) is 17.2 Å². The van der Waals surface area contributed by atoms with Crippen LogP contribution >= 0.6 is 11.8 Å². The first-order valence-corrected chi connectivity index (χ1v) is 9.57. The molecule has 6 heteroatoms. The number of methoxy groups -OCH3 is 3. The van der Waals surface area contributed by atoms with Gasteiger partial charge in [-0.25, -0.2) is 0 Å². The lowest BCUT2D eigenvalue weighted by Crippen LogP contribution is -2.47. The Hall–Kier alpha value is -1.56. The van der Waals surface area contributed by atoms with E-state index in [4.69, 9.17) is 14.2 Å². The van der Waals surface area contributed by atoms with Crippen molar-refractivity contribution in [3.05, 3.63) is 17.7 Å². The minimum absolute atomic E-state index is 0.0707. The number of amides is 1. The quantitative estimate of drug-likeness (QED) is 0.815. The predicted molar refractivity (Wildman–Crippen MR) is 95.6 cm³/mol. The molecule has 0 aliphatic carbocycles. The van der Waals surface area contributed by atoms with Gasteiger partial charge in [0.2, 0.25) is 5.75 Å². The first-order chi connectivity index (χ1) is 11.6. The maximum Gasteiger partial charge on any atom is 0.254 e. The van der Waals surface area contributed by atoms with Crippen LogP contribution in [0.1, 0.15) is 36.0 Å². The van der Waals surface area contributed by atoms with E-state index in [1.54, 1.807) is 33.5 Å². The van der Waals surface area contributed by atoms with Crippen LogP contribution < -0.4 is 14.2 Å². The molecule has 0 radical (unpaired) electrons. The van der Waals surface area contributed by atoms with E-state index in [0.29, 0.717) is 40.1 Å². The van der Waals surface area contributed by atoms with Crippen molar-refractivity contribution >= 4 is 17.7 Å². The Kier molecular flexibility index (Phi) is 5.13. The molecular formula is C18H25NO4S. The molecule has 1 amide bonds.